The summed E-state index contributed by atoms with van der Waals surface area (Å²) in [6, 6.07) is 8.35. The Morgan fingerprint density at radius 2 is 2.18 bits per heavy atom. The van der Waals surface area contributed by atoms with E-state index in [0.717, 1.165) is 29.6 Å². The van der Waals surface area contributed by atoms with Crippen molar-refractivity contribution in [3.8, 4) is 0 Å². The first kappa shape index (κ1) is 15.1. The third-order valence-electron chi connectivity index (χ3n) is 4.92. The van der Waals surface area contributed by atoms with Gasteiger partial charge in [0.15, 0.2) is 0 Å². The molecule has 0 radical (unpaired) electrons. The van der Waals surface area contributed by atoms with E-state index >= 15 is 0 Å². The Hall–Kier alpha value is -1.81. The number of benzene rings is 1. The minimum Gasteiger partial charge on any atom is -0.478 e. The van der Waals surface area contributed by atoms with Crippen molar-refractivity contribution >= 4 is 16.9 Å². The SMILES string of the molecule is CCC(c1[nH]c2ccccc2c1C(=O)O)N1CCCCC1C. The number of carbonyl (C=O) groups is 1. The molecule has 2 unspecified atom stereocenters. The number of aromatic nitrogens is 1. The second-order valence-electron chi connectivity index (χ2n) is 6.27. The van der Waals surface area contributed by atoms with Gasteiger partial charge >= 0.3 is 5.97 Å². The van der Waals surface area contributed by atoms with Crippen molar-refractivity contribution in [2.45, 2.75) is 51.6 Å². The van der Waals surface area contributed by atoms with Crippen LogP contribution in [0.1, 0.15) is 61.6 Å². The number of aromatic amines is 1. The fraction of sp³-hybridized carbons (Fsp3) is 0.500. The first-order chi connectivity index (χ1) is 10.6. The average molecular weight is 300 g/mol. The van der Waals surface area contributed by atoms with E-state index in [1.54, 1.807) is 0 Å². The highest BCUT2D eigenvalue weighted by atomic mass is 16.4. The van der Waals surface area contributed by atoms with Gasteiger partial charge in [0.2, 0.25) is 0 Å². The molecular formula is C18H24N2O2. The fourth-order valence-corrected chi connectivity index (χ4v) is 3.83. The molecule has 4 heteroatoms. The van der Waals surface area contributed by atoms with Gasteiger partial charge in [-0.15, -0.1) is 0 Å². The summed E-state index contributed by atoms with van der Waals surface area (Å²) in [5.41, 5.74) is 2.23. The molecule has 1 aliphatic rings. The number of aromatic carboxylic acids is 1. The Balaban J connectivity index is 2.10. The Morgan fingerprint density at radius 1 is 1.41 bits per heavy atom. The monoisotopic (exact) mass is 300 g/mol. The first-order valence-corrected chi connectivity index (χ1v) is 8.23. The standard InChI is InChI=1S/C18H24N2O2/c1-3-15(20-11-7-6-8-12(20)2)17-16(18(21)22)13-9-4-5-10-14(13)19-17/h4-5,9-10,12,15,19H,3,6-8,11H2,1-2H3,(H,21,22). The van der Waals surface area contributed by atoms with Gasteiger partial charge in [-0.3, -0.25) is 4.90 Å². The Kier molecular flexibility index (Phi) is 4.21. The molecule has 2 N–H and O–H groups in total. The van der Waals surface area contributed by atoms with Gasteiger partial charge in [-0.25, -0.2) is 4.79 Å². The maximum atomic E-state index is 11.8. The number of hydrogen-bond donors (Lipinski definition) is 2. The third kappa shape index (κ3) is 2.52. The van der Waals surface area contributed by atoms with Gasteiger partial charge < -0.3 is 10.1 Å². The van der Waals surface area contributed by atoms with E-state index in [2.05, 4.69) is 23.7 Å². The van der Waals surface area contributed by atoms with E-state index in [1.165, 1.54) is 19.3 Å². The van der Waals surface area contributed by atoms with E-state index in [9.17, 15) is 9.90 Å². The van der Waals surface area contributed by atoms with Crippen molar-refractivity contribution in [1.82, 2.24) is 9.88 Å². The van der Waals surface area contributed by atoms with E-state index in [1.807, 2.05) is 24.3 Å². The molecule has 1 saturated heterocycles. The van der Waals surface area contributed by atoms with Gasteiger partial charge in [0, 0.05) is 22.6 Å². The van der Waals surface area contributed by atoms with Crippen LogP contribution in [0.3, 0.4) is 0 Å². The van der Waals surface area contributed by atoms with Crippen LogP contribution in [0.25, 0.3) is 10.9 Å². The number of carboxylic acids is 1. The molecule has 2 heterocycles. The van der Waals surface area contributed by atoms with Gasteiger partial charge in [-0.05, 0) is 38.8 Å². The Morgan fingerprint density at radius 3 is 2.86 bits per heavy atom. The lowest BCUT2D eigenvalue weighted by molar-refractivity contribution is 0.0684. The van der Waals surface area contributed by atoms with E-state index < -0.39 is 5.97 Å². The number of nitrogens with one attached hydrogen (secondary N) is 1. The quantitative estimate of drug-likeness (QED) is 0.890. The van der Waals surface area contributed by atoms with Crippen LogP contribution < -0.4 is 0 Å². The molecule has 0 aliphatic carbocycles. The number of H-pyrrole nitrogens is 1. The smallest absolute Gasteiger partial charge is 0.338 e. The largest absolute Gasteiger partial charge is 0.478 e. The summed E-state index contributed by atoms with van der Waals surface area (Å²) in [4.78, 5) is 17.7. The van der Waals surface area contributed by atoms with Crippen LogP contribution in [0, 0.1) is 0 Å². The summed E-state index contributed by atoms with van der Waals surface area (Å²) in [6.07, 6.45) is 4.58. The normalized spacial score (nSPS) is 21.1. The number of piperidine rings is 1. The van der Waals surface area contributed by atoms with E-state index in [0.29, 0.717) is 11.6 Å². The van der Waals surface area contributed by atoms with Gasteiger partial charge in [-0.2, -0.15) is 0 Å². The van der Waals surface area contributed by atoms with Gasteiger partial charge in [0.25, 0.3) is 0 Å². The van der Waals surface area contributed by atoms with Crippen molar-refractivity contribution in [3.05, 3.63) is 35.5 Å². The number of carboxylic acid groups (broad SMARTS) is 1. The molecule has 0 amide bonds. The lowest BCUT2D eigenvalue weighted by atomic mass is 9.96. The molecular weight excluding hydrogens is 276 g/mol. The van der Waals surface area contributed by atoms with Gasteiger partial charge in [0.1, 0.15) is 0 Å². The van der Waals surface area contributed by atoms with E-state index in [-0.39, 0.29) is 6.04 Å². The van der Waals surface area contributed by atoms with Gasteiger partial charge in [0.05, 0.1) is 11.6 Å². The summed E-state index contributed by atoms with van der Waals surface area (Å²) in [7, 11) is 0. The molecule has 1 aromatic carbocycles. The number of fused-ring (bicyclic) bond motifs is 1. The molecule has 1 aromatic heterocycles. The van der Waals surface area contributed by atoms with Crippen molar-refractivity contribution in [2.75, 3.05) is 6.54 Å². The minimum absolute atomic E-state index is 0.147. The van der Waals surface area contributed by atoms with Crippen LogP contribution in [0.4, 0.5) is 0 Å². The summed E-state index contributed by atoms with van der Waals surface area (Å²) < 4.78 is 0. The lowest BCUT2D eigenvalue weighted by Crippen LogP contribution is -2.40. The first-order valence-electron chi connectivity index (χ1n) is 8.23. The van der Waals surface area contributed by atoms with Crippen molar-refractivity contribution < 1.29 is 9.90 Å². The zero-order valence-corrected chi connectivity index (χ0v) is 13.3. The Bertz CT molecular complexity index is 677. The maximum Gasteiger partial charge on any atom is 0.338 e. The maximum absolute atomic E-state index is 11.8. The molecule has 22 heavy (non-hydrogen) atoms. The Labute approximate surface area is 131 Å². The van der Waals surface area contributed by atoms with Crippen molar-refractivity contribution in [1.29, 1.82) is 0 Å². The fourth-order valence-electron chi connectivity index (χ4n) is 3.83. The predicted octanol–water partition coefficient (Wildman–Crippen LogP) is 4.19. The molecule has 4 nitrogen and oxygen atoms in total. The average Bonchev–Trinajstić information content (AvgIpc) is 2.89. The predicted molar refractivity (Wildman–Crippen MR) is 88.3 cm³/mol. The van der Waals surface area contributed by atoms with E-state index in [4.69, 9.17) is 0 Å². The topological polar surface area (TPSA) is 56.3 Å². The van der Waals surface area contributed by atoms with Crippen LogP contribution in [-0.2, 0) is 0 Å². The number of para-hydroxylation sites is 1. The van der Waals surface area contributed by atoms with Crippen LogP contribution in [0.15, 0.2) is 24.3 Å². The van der Waals surface area contributed by atoms with Crippen LogP contribution >= 0.6 is 0 Å². The zero-order chi connectivity index (χ0) is 15.7. The molecule has 1 aliphatic heterocycles. The third-order valence-corrected chi connectivity index (χ3v) is 4.92. The summed E-state index contributed by atoms with van der Waals surface area (Å²) in [5.74, 6) is -0.837. The van der Waals surface area contributed by atoms with Crippen LogP contribution in [0.2, 0.25) is 0 Å². The number of hydrogen-bond acceptors (Lipinski definition) is 2. The molecule has 0 spiro atoms. The molecule has 118 valence electrons. The summed E-state index contributed by atoms with van der Waals surface area (Å²) in [6.45, 7) is 5.45. The summed E-state index contributed by atoms with van der Waals surface area (Å²) >= 11 is 0. The number of nitrogens with zero attached hydrogens (tertiary/aromatic N) is 1. The molecule has 0 saturated carbocycles. The molecule has 1 fully saturated rings. The zero-order valence-electron chi connectivity index (χ0n) is 13.3. The molecule has 3 rings (SSSR count). The lowest BCUT2D eigenvalue weighted by Gasteiger charge is -2.39. The number of likely N-dealkylation sites (tertiary alicyclic amines) is 1. The van der Waals surface area contributed by atoms with Crippen LogP contribution in [0.5, 0.6) is 0 Å². The highest BCUT2D eigenvalue weighted by Gasteiger charge is 2.31. The number of rotatable bonds is 4. The highest BCUT2D eigenvalue weighted by molar-refractivity contribution is 6.04. The second kappa shape index (κ2) is 6.13. The second-order valence-corrected chi connectivity index (χ2v) is 6.27. The minimum atomic E-state index is -0.837. The van der Waals surface area contributed by atoms with Crippen LogP contribution in [-0.4, -0.2) is 33.5 Å². The highest BCUT2D eigenvalue weighted by Crippen LogP contribution is 2.35. The van der Waals surface area contributed by atoms with Crippen molar-refractivity contribution in [3.63, 3.8) is 0 Å². The molecule has 2 aromatic rings. The molecule has 2 atom stereocenters. The molecule has 0 bridgehead atoms. The summed E-state index contributed by atoms with van der Waals surface area (Å²) in [5, 5.41) is 10.5. The van der Waals surface area contributed by atoms with Crippen molar-refractivity contribution in [2.24, 2.45) is 0 Å². The van der Waals surface area contributed by atoms with Gasteiger partial charge in [-0.1, -0.05) is 31.5 Å².